The molecule has 4 aromatic rings. The first kappa shape index (κ1) is 19.9. The van der Waals surface area contributed by atoms with Crippen LogP contribution in [0, 0.1) is 0 Å². The molecule has 0 unspecified atom stereocenters. The van der Waals surface area contributed by atoms with Gasteiger partial charge in [0.2, 0.25) is 0 Å². The van der Waals surface area contributed by atoms with Gasteiger partial charge >= 0.3 is 0 Å². The molecular formula is C24H27N2O2S+. The summed E-state index contributed by atoms with van der Waals surface area (Å²) < 4.78 is 5.65. The minimum atomic E-state index is -0.477. The maximum Gasteiger partial charge on any atom is 0.126 e. The zero-order valence-electron chi connectivity index (χ0n) is 16.3. The molecule has 0 fully saturated rings. The van der Waals surface area contributed by atoms with Gasteiger partial charge in [-0.3, -0.25) is 0 Å². The summed E-state index contributed by atoms with van der Waals surface area (Å²) in [5, 5.41) is 15.8. The summed E-state index contributed by atoms with van der Waals surface area (Å²) in [4.78, 5) is 4.58. The Morgan fingerprint density at radius 2 is 1.79 bits per heavy atom. The molecule has 29 heavy (non-hydrogen) atoms. The number of para-hydroxylation sites is 1. The van der Waals surface area contributed by atoms with Gasteiger partial charge in [0.05, 0.1) is 25.7 Å². The van der Waals surface area contributed by atoms with Crippen molar-refractivity contribution in [3.05, 3.63) is 94.3 Å². The number of nitrogens with two attached hydrogens (primary N) is 1. The van der Waals surface area contributed by atoms with Gasteiger partial charge < -0.3 is 20.1 Å². The van der Waals surface area contributed by atoms with Crippen LogP contribution in [0.25, 0.3) is 10.9 Å². The Bertz CT molecular complexity index is 998. The summed E-state index contributed by atoms with van der Waals surface area (Å²) in [6.07, 6.45) is 1.64. The van der Waals surface area contributed by atoms with Gasteiger partial charge in [0.15, 0.2) is 0 Å². The molecule has 0 spiro atoms. The van der Waals surface area contributed by atoms with Crippen molar-refractivity contribution in [1.82, 2.24) is 4.98 Å². The number of nitrogens with one attached hydrogen (secondary N) is 1. The van der Waals surface area contributed by atoms with E-state index < -0.39 is 6.10 Å². The molecule has 2 heterocycles. The quantitative estimate of drug-likeness (QED) is 0.377. The molecule has 2 aromatic heterocycles. The summed E-state index contributed by atoms with van der Waals surface area (Å²) in [5.41, 5.74) is 3.74. The van der Waals surface area contributed by atoms with Crippen LogP contribution in [0.2, 0.25) is 0 Å². The van der Waals surface area contributed by atoms with E-state index in [1.807, 2.05) is 17.5 Å². The standard InChI is InChI=1S/C24H26N2O2S/c27-19(16-28-17-20-9-6-12-29-20)13-25-14-22(18-7-2-1-3-8-18)23-15-26-24-11-5-4-10-21(23)24/h1-12,15,19,22,25-27H,13-14,16-17H2/p+1/t19-,22+/m0/s1. The molecule has 0 aliphatic rings. The number of aliphatic hydroxyl groups is 1. The van der Waals surface area contributed by atoms with Crippen molar-refractivity contribution in [2.75, 3.05) is 19.7 Å². The SMILES string of the molecule is O[C@@H](C[NH2+]C[C@H](c1ccccc1)c1c[nH]c2ccccc12)COCc1cccs1. The number of hydrogen-bond donors (Lipinski definition) is 3. The molecule has 0 aliphatic carbocycles. The Morgan fingerprint density at radius 1 is 0.966 bits per heavy atom. The van der Waals surface area contributed by atoms with Gasteiger partial charge in [0.1, 0.15) is 12.6 Å². The smallest absolute Gasteiger partial charge is 0.126 e. The van der Waals surface area contributed by atoms with Crippen molar-refractivity contribution in [2.45, 2.75) is 18.6 Å². The maximum atomic E-state index is 10.3. The number of fused-ring (bicyclic) bond motifs is 1. The number of H-pyrrole nitrogens is 1. The Morgan fingerprint density at radius 3 is 2.62 bits per heavy atom. The third-order valence-electron chi connectivity index (χ3n) is 5.17. The van der Waals surface area contributed by atoms with Crippen LogP contribution in [0.15, 0.2) is 78.3 Å². The van der Waals surface area contributed by atoms with Gasteiger partial charge in [-0.2, -0.15) is 0 Å². The van der Waals surface area contributed by atoms with E-state index in [1.54, 1.807) is 11.3 Å². The third kappa shape index (κ3) is 5.14. The molecule has 4 rings (SSSR count). The molecule has 5 heteroatoms. The first-order valence-electron chi connectivity index (χ1n) is 10.0. The topological polar surface area (TPSA) is 61.9 Å². The third-order valence-corrected chi connectivity index (χ3v) is 6.02. The van der Waals surface area contributed by atoms with E-state index in [9.17, 15) is 5.11 Å². The van der Waals surface area contributed by atoms with Crippen LogP contribution in [-0.2, 0) is 11.3 Å². The van der Waals surface area contributed by atoms with Crippen molar-refractivity contribution in [3.63, 3.8) is 0 Å². The second-order valence-electron chi connectivity index (χ2n) is 7.26. The van der Waals surface area contributed by atoms with E-state index in [2.05, 4.69) is 71.1 Å². The lowest BCUT2D eigenvalue weighted by Gasteiger charge is -2.17. The number of hydrogen-bond acceptors (Lipinski definition) is 3. The average Bonchev–Trinajstić information content (AvgIpc) is 3.42. The Balaban J connectivity index is 1.37. The molecule has 2 aromatic carbocycles. The van der Waals surface area contributed by atoms with Gasteiger partial charge in [0.25, 0.3) is 0 Å². The maximum absolute atomic E-state index is 10.3. The van der Waals surface area contributed by atoms with E-state index >= 15 is 0 Å². The van der Waals surface area contributed by atoms with E-state index in [1.165, 1.54) is 21.4 Å². The Hall–Kier alpha value is -2.44. The van der Waals surface area contributed by atoms with Crippen LogP contribution in [0.1, 0.15) is 21.9 Å². The lowest BCUT2D eigenvalue weighted by atomic mass is 9.91. The second kappa shape index (κ2) is 9.85. The van der Waals surface area contributed by atoms with E-state index in [4.69, 9.17) is 4.74 Å². The molecule has 0 amide bonds. The number of aromatic amines is 1. The number of rotatable bonds is 10. The van der Waals surface area contributed by atoms with E-state index in [0.29, 0.717) is 19.8 Å². The van der Waals surface area contributed by atoms with Gasteiger partial charge in [-0.1, -0.05) is 54.6 Å². The van der Waals surface area contributed by atoms with Crippen molar-refractivity contribution >= 4 is 22.2 Å². The molecular weight excluding hydrogens is 380 g/mol. The predicted molar refractivity (Wildman–Crippen MR) is 118 cm³/mol. The first-order valence-corrected chi connectivity index (χ1v) is 10.9. The second-order valence-corrected chi connectivity index (χ2v) is 8.29. The Kier molecular flexibility index (Phi) is 6.75. The summed E-state index contributed by atoms with van der Waals surface area (Å²) in [6.45, 7) is 2.41. The number of aromatic nitrogens is 1. The van der Waals surface area contributed by atoms with Crippen LogP contribution in [-0.4, -0.2) is 35.9 Å². The lowest BCUT2D eigenvalue weighted by Crippen LogP contribution is -2.87. The van der Waals surface area contributed by atoms with Crippen molar-refractivity contribution in [1.29, 1.82) is 0 Å². The number of quaternary nitrogens is 1. The zero-order chi connectivity index (χ0) is 19.9. The summed E-state index contributed by atoms with van der Waals surface area (Å²) >= 11 is 1.68. The molecule has 0 radical (unpaired) electrons. The van der Waals surface area contributed by atoms with E-state index in [0.717, 1.165) is 12.1 Å². The fourth-order valence-electron chi connectivity index (χ4n) is 3.72. The van der Waals surface area contributed by atoms with Gasteiger partial charge in [-0.15, -0.1) is 11.3 Å². The van der Waals surface area contributed by atoms with Gasteiger partial charge in [0, 0.05) is 22.0 Å². The molecule has 2 atom stereocenters. The van der Waals surface area contributed by atoms with E-state index in [-0.39, 0.29) is 5.92 Å². The summed E-state index contributed by atoms with van der Waals surface area (Å²) in [6, 6.07) is 23.1. The van der Waals surface area contributed by atoms with Crippen LogP contribution in [0.5, 0.6) is 0 Å². The monoisotopic (exact) mass is 407 g/mol. The highest BCUT2D eigenvalue weighted by Crippen LogP contribution is 2.29. The van der Waals surface area contributed by atoms with Crippen molar-refractivity contribution in [3.8, 4) is 0 Å². The number of aliphatic hydroxyl groups excluding tert-OH is 1. The molecule has 0 saturated heterocycles. The molecule has 4 nitrogen and oxygen atoms in total. The molecule has 0 aliphatic heterocycles. The molecule has 0 bridgehead atoms. The van der Waals surface area contributed by atoms with Crippen molar-refractivity contribution in [2.24, 2.45) is 0 Å². The first-order chi connectivity index (χ1) is 14.3. The summed E-state index contributed by atoms with van der Waals surface area (Å²) in [5.74, 6) is 0.256. The van der Waals surface area contributed by atoms with Crippen molar-refractivity contribution < 1.29 is 15.2 Å². The van der Waals surface area contributed by atoms with Gasteiger partial charge in [-0.25, -0.2) is 0 Å². The molecule has 0 saturated carbocycles. The fraction of sp³-hybridized carbons (Fsp3) is 0.250. The summed E-state index contributed by atoms with van der Waals surface area (Å²) in [7, 11) is 0. The number of benzene rings is 2. The normalized spacial score (nSPS) is 13.6. The zero-order valence-corrected chi connectivity index (χ0v) is 17.1. The van der Waals surface area contributed by atoms with Gasteiger partial charge in [-0.05, 0) is 28.6 Å². The van der Waals surface area contributed by atoms with Crippen LogP contribution < -0.4 is 5.32 Å². The average molecular weight is 408 g/mol. The molecule has 150 valence electrons. The number of ether oxygens (including phenoxy) is 1. The highest BCUT2D eigenvalue weighted by molar-refractivity contribution is 7.09. The predicted octanol–water partition coefficient (Wildman–Crippen LogP) is 3.50. The van der Waals surface area contributed by atoms with Crippen LogP contribution >= 0.6 is 11.3 Å². The van der Waals surface area contributed by atoms with Crippen LogP contribution in [0.3, 0.4) is 0 Å². The minimum Gasteiger partial charge on any atom is -0.385 e. The lowest BCUT2D eigenvalue weighted by molar-refractivity contribution is -0.662. The minimum absolute atomic E-state index is 0.256. The highest BCUT2D eigenvalue weighted by Gasteiger charge is 2.20. The highest BCUT2D eigenvalue weighted by atomic mass is 32.1. The molecule has 4 N–H and O–H groups in total. The fourth-order valence-corrected chi connectivity index (χ4v) is 4.36. The van der Waals surface area contributed by atoms with Crippen LogP contribution in [0.4, 0.5) is 0 Å². The largest absolute Gasteiger partial charge is 0.385 e. The number of thiophene rings is 1. The Labute approximate surface area is 175 Å².